The van der Waals surface area contributed by atoms with Gasteiger partial charge in [-0.2, -0.15) is 0 Å². The molecule has 0 spiro atoms. The van der Waals surface area contributed by atoms with Crippen molar-refractivity contribution < 1.29 is 14.3 Å². The first-order chi connectivity index (χ1) is 8.56. The number of carboxylic acids is 1. The number of halogens is 1. The first-order valence-corrected chi connectivity index (χ1v) is 6.12. The van der Waals surface area contributed by atoms with Gasteiger partial charge in [-0.25, -0.2) is 9.37 Å². The number of nitrogens with one attached hydrogen (secondary N) is 1. The predicted molar refractivity (Wildman–Crippen MR) is 67.9 cm³/mol. The number of thiazole rings is 1. The molecule has 4 nitrogen and oxygen atoms in total. The average molecular weight is 266 g/mol. The molecule has 0 radical (unpaired) electrons. The van der Waals surface area contributed by atoms with Crippen LogP contribution < -0.4 is 5.32 Å². The van der Waals surface area contributed by atoms with E-state index < -0.39 is 5.97 Å². The minimum absolute atomic E-state index is 0.111. The molecule has 1 heterocycles. The quantitative estimate of drug-likeness (QED) is 0.893. The summed E-state index contributed by atoms with van der Waals surface area (Å²) in [4.78, 5) is 14.7. The summed E-state index contributed by atoms with van der Waals surface area (Å²) >= 11 is 1.29. The fourth-order valence-electron chi connectivity index (χ4n) is 1.46. The van der Waals surface area contributed by atoms with Gasteiger partial charge in [-0.1, -0.05) is 6.07 Å². The van der Waals surface area contributed by atoms with Gasteiger partial charge < -0.3 is 10.4 Å². The van der Waals surface area contributed by atoms with Gasteiger partial charge in [-0.15, -0.1) is 11.3 Å². The Hall–Kier alpha value is -1.95. The second kappa shape index (κ2) is 5.14. The van der Waals surface area contributed by atoms with Gasteiger partial charge in [0.25, 0.3) is 0 Å². The Kier molecular flexibility index (Phi) is 3.57. The third-order valence-corrected chi connectivity index (χ3v) is 3.20. The maximum Gasteiger partial charge on any atom is 0.309 e. The van der Waals surface area contributed by atoms with Crippen LogP contribution in [0.3, 0.4) is 0 Å². The molecule has 0 aliphatic rings. The van der Waals surface area contributed by atoms with Crippen molar-refractivity contribution in [2.24, 2.45) is 0 Å². The average Bonchev–Trinajstić information content (AvgIpc) is 2.71. The third-order valence-electron chi connectivity index (χ3n) is 2.39. The van der Waals surface area contributed by atoms with Gasteiger partial charge in [0.05, 0.1) is 12.1 Å². The van der Waals surface area contributed by atoms with E-state index in [1.807, 2.05) is 0 Å². The van der Waals surface area contributed by atoms with Gasteiger partial charge in [0.1, 0.15) is 5.82 Å². The summed E-state index contributed by atoms with van der Waals surface area (Å²) < 4.78 is 13.3. The monoisotopic (exact) mass is 266 g/mol. The van der Waals surface area contributed by atoms with Crippen LogP contribution >= 0.6 is 11.3 Å². The van der Waals surface area contributed by atoms with Gasteiger partial charge in [-0.3, -0.25) is 4.79 Å². The molecular formula is C12H11FN2O2S. The second-order valence-electron chi connectivity index (χ2n) is 3.75. The molecule has 94 valence electrons. The summed E-state index contributed by atoms with van der Waals surface area (Å²) in [5.74, 6) is -1.21. The molecule has 18 heavy (non-hydrogen) atoms. The van der Waals surface area contributed by atoms with Gasteiger partial charge in [-0.05, 0) is 19.1 Å². The van der Waals surface area contributed by atoms with Gasteiger partial charge in [0, 0.05) is 16.6 Å². The lowest BCUT2D eigenvalue weighted by Crippen LogP contribution is -2.00. The molecule has 2 aromatic rings. The molecule has 0 aliphatic heterocycles. The van der Waals surface area contributed by atoms with E-state index in [1.165, 1.54) is 17.4 Å². The molecule has 0 aliphatic carbocycles. The van der Waals surface area contributed by atoms with Crippen LogP contribution in [0.2, 0.25) is 0 Å². The summed E-state index contributed by atoms with van der Waals surface area (Å²) in [5, 5.41) is 13.8. The minimum atomic E-state index is -0.922. The van der Waals surface area contributed by atoms with Crippen molar-refractivity contribution >= 4 is 28.1 Å². The van der Waals surface area contributed by atoms with Crippen LogP contribution in [0.15, 0.2) is 23.6 Å². The summed E-state index contributed by atoms with van der Waals surface area (Å²) in [5.41, 5.74) is 1.63. The number of hydrogen-bond acceptors (Lipinski definition) is 4. The van der Waals surface area contributed by atoms with Crippen LogP contribution in [0.1, 0.15) is 11.3 Å². The summed E-state index contributed by atoms with van der Waals surface area (Å²) in [6, 6.07) is 4.74. The lowest BCUT2D eigenvalue weighted by atomic mass is 10.2. The number of hydrogen-bond donors (Lipinski definition) is 2. The van der Waals surface area contributed by atoms with E-state index >= 15 is 0 Å². The first kappa shape index (κ1) is 12.5. The molecule has 0 amide bonds. The zero-order valence-electron chi connectivity index (χ0n) is 9.61. The molecule has 6 heteroatoms. The molecule has 0 unspecified atom stereocenters. The lowest BCUT2D eigenvalue weighted by molar-refractivity contribution is -0.136. The number of anilines is 2. The maximum atomic E-state index is 13.3. The molecule has 1 aromatic heterocycles. The van der Waals surface area contributed by atoms with Crippen molar-refractivity contribution in [3.63, 3.8) is 0 Å². The molecule has 0 saturated carbocycles. The number of benzene rings is 1. The molecule has 0 atom stereocenters. The molecular weight excluding hydrogens is 255 g/mol. The molecule has 1 aromatic carbocycles. The summed E-state index contributed by atoms with van der Waals surface area (Å²) in [6.07, 6.45) is -0.111. The van der Waals surface area contributed by atoms with Gasteiger partial charge in [0.15, 0.2) is 5.13 Å². The maximum absolute atomic E-state index is 13.3. The van der Waals surface area contributed by atoms with Crippen molar-refractivity contribution in [1.29, 1.82) is 0 Å². The highest BCUT2D eigenvalue weighted by Gasteiger charge is 2.08. The van der Waals surface area contributed by atoms with Crippen LogP contribution in [0, 0.1) is 12.7 Å². The Morgan fingerprint density at radius 3 is 3.06 bits per heavy atom. The fraction of sp³-hybridized carbons (Fsp3) is 0.167. The van der Waals surface area contributed by atoms with Crippen LogP contribution in [0.4, 0.5) is 15.2 Å². The van der Waals surface area contributed by atoms with Crippen molar-refractivity contribution in [1.82, 2.24) is 4.98 Å². The van der Waals surface area contributed by atoms with Crippen molar-refractivity contribution in [2.45, 2.75) is 13.3 Å². The van der Waals surface area contributed by atoms with E-state index in [4.69, 9.17) is 5.11 Å². The Labute approximate surface area is 107 Å². The third kappa shape index (κ3) is 2.84. The Balaban J connectivity index is 2.16. The van der Waals surface area contributed by atoms with E-state index in [-0.39, 0.29) is 12.2 Å². The molecule has 0 fully saturated rings. The smallest absolute Gasteiger partial charge is 0.309 e. The second-order valence-corrected chi connectivity index (χ2v) is 4.61. The van der Waals surface area contributed by atoms with E-state index in [0.29, 0.717) is 22.1 Å². The molecule has 2 N–H and O–H groups in total. The first-order valence-electron chi connectivity index (χ1n) is 5.24. The van der Waals surface area contributed by atoms with Gasteiger partial charge >= 0.3 is 5.97 Å². The number of aromatic nitrogens is 1. The number of aliphatic carboxylic acids is 1. The van der Waals surface area contributed by atoms with Crippen LogP contribution in [0.25, 0.3) is 0 Å². The minimum Gasteiger partial charge on any atom is -0.481 e. The summed E-state index contributed by atoms with van der Waals surface area (Å²) in [6.45, 7) is 1.67. The highest BCUT2D eigenvalue weighted by Crippen LogP contribution is 2.24. The van der Waals surface area contributed by atoms with Crippen molar-refractivity contribution in [2.75, 3.05) is 5.32 Å². The SMILES string of the molecule is Cc1c(F)cccc1Nc1nc(CC(=O)O)cs1. The van der Waals surface area contributed by atoms with E-state index in [0.717, 1.165) is 0 Å². The molecule has 0 bridgehead atoms. The largest absolute Gasteiger partial charge is 0.481 e. The lowest BCUT2D eigenvalue weighted by Gasteiger charge is -2.06. The van der Waals surface area contributed by atoms with E-state index in [9.17, 15) is 9.18 Å². The Bertz CT molecular complexity index is 583. The number of rotatable bonds is 4. The highest BCUT2D eigenvalue weighted by atomic mass is 32.1. The fourth-order valence-corrected chi connectivity index (χ4v) is 2.18. The zero-order valence-corrected chi connectivity index (χ0v) is 10.4. The van der Waals surface area contributed by atoms with Crippen molar-refractivity contribution in [3.05, 3.63) is 40.7 Å². The molecule has 2 rings (SSSR count). The van der Waals surface area contributed by atoms with E-state index in [1.54, 1.807) is 24.4 Å². The highest BCUT2D eigenvalue weighted by molar-refractivity contribution is 7.13. The molecule has 0 saturated heterocycles. The number of carbonyl (C=O) groups is 1. The van der Waals surface area contributed by atoms with Crippen LogP contribution in [-0.2, 0) is 11.2 Å². The van der Waals surface area contributed by atoms with E-state index in [2.05, 4.69) is 10.3 Å². The Morgan fingerprint density at radius 1 is 1.56 bits per heavy atom. The normalized spacial score (nSPS) is 10.3. The number of nitrogens with zero attached hydrogens (tertiary/aromatic N) is 1. The standard InChI is InChI=1S/C12H11FN2O2S/c1-7-9(13)3-2-4-10(7)15-12-14-8(6-18-12)5-11(16)17/h2-4,6H,5H2,1H3,(H,14,15)(H,16,17). The van der Waals surface area contributed by atoms with Gasteiger partial charge in [0.2, 0.25) is 0 Å². The Morgan fingerprint density at radius 2 is 2.33 bits per heavy atom. The summed E-state index contributed by atoms with van der Waals surface area (Å²) in [7, 11) is 0. The number of carboxylic acid groups (broad SMARTS) is 1. The topological polar surface area (TPSA) is 62.2 Å². The van der Waals surface area contributed by atoms with Crippen molar-refractivity contribution in [3.8, 4) is 0 Å². The van der Waals surface area contributed by atoms with Crippen LogP contribution in [0.5, 0.6) is 0 Å². The zero-order chi connectivity index (χ0) is 13.1. The van der Waals surface area contributed by atoms with Crippen LogP contribution in [-0.4, -0.2) is 16.1 Å². The predicted octanol–water partition coefficient (Wildman–Crippen LogP) is 2.96.